The van der Waals surface area contributed by atoms with Gasteiger partial charge in [0.25, 0.3) is 0 Å². The summed E-state index contributed by atoms with van der Waals surface area (Å²) in [4.78, 5) is 0. The average molecular weight is 352 g/mol. The lowest BCUT2D eigenvalue weighted by Crippen LogP contribution is -2.38. The molecule has 0 heterocycles. The van der Waals surface area contributed by atoms with Crippen molar-refractivity contribution < 1.29 is 18.3 Å². The Labute approximate surface area is 149 Å². The molecule has 0 atom stereocenters. The predicted octanol–water partition coefficient (Wildman–Crippen LogP) is 6.30. The second kappa shape index (κ2) is 7.92. The summed E-state index contributed by atoms with van der Waals surface area (Å²) >= 11 is 0. The van der Waals surface area contributed by atoms with E-state index < -0.39 is 12.0 Å². The van der Waals surface area contributed by atoms with Crippen molar-refractivity contribution in [3.8, 4) is 11.5 Å². The van der Waals surface area contributed by atoms with Crippen molar-refractivity contribution in [2.45, 2.75) is 64.4 Å². The van der Waals surface area contributed by atoms with Gasteiger partial charge in [0.2, 0.25) is 0 Å². The van der Waals surface area contributed by atoms with Crippen LogP contribution < -0.4 is 9.47 Å². The molecule has 2 aliphatic rings. The second-order valence-corrected chi connectivity index (χ2v) is 7.97. The molecule has 1 aromatic rings. The van der Waals surface area contributed by atoms with E-state index in [1.54, 1.807) is 31.4 Å². The van der Waals surface area contributed by atoms with Crippen molar-refractivity contribution in [2.24, 2.45) is 23.7 Å². The van der Waals surface area contributed by atoms with Crippen LogP contribution in [0.5, 0.6) is 11.5 Å². The standard InChI is InChI=1S/C21H30F2O2/c1-15-3-5-16(6-4-15)17-7-9-18(10-8-17)21(22,23)25-20-13-11-19(24-2)12-14-20/h11-18H,3-10H2,1-2H3. The molecule has 0 amide bonds. The first kappa shape index (κ1) is 18.5. The molecule has 140 valence electrons. The van der Waals surface area contributed by atoms with Crippen LogP contribution in [0.3, 0.4) is 0 Å². The number of methoxy groups -OCH3 is 1. The molecule has 2 saturated carbocycles. The Bertz CT molecular complexity index is 527. The number of ether oxygens (including phenoxy) is 2. The normalized spacial score (nSPS) is 30.7. The highest BCUT2D eigenvalue weighted by Crippen LogP contribution is 2.45. The summed E-state index contributed by atoms with van der Waals surface area (Å²) in [7, 11) is 1.55. The van der Waals surface area contributed by atoms with E-state index in [-0.39, 0.29) is 5.75 Å². The molecule has 0 bridgehead atoms. The van der Waals surface area contributed by atoms with Crippen LogP contribution in [0, 0.1) is 23.7 Å². The Hall–Kier alpha value is -1.32. The van der Waals surface area contributed by atoms with Crippen molar-refractivity contribution >= 4 is 0 Å². The smallest absolute Gasteiger partial charge is 0.400 e. The minimum absolute atomic E-state index is 0.203. The third-order valence-electron chi connectivity index (χ3n) is 6.29. The molecular weight excluding hydrogens is 322 g/mol. The minimum Gasteiger partial charge on any atom is -0.497 e. The van der Waals surface area contributed by atoms with Gasteiger partial charge < -0.3 is 9.47 Å². The van der Waals surface area contributed by atoms with E-state index in [0.29, 0.717) is 24.5 Å². The van der Waals surface area contributed by atoms with Crippen LogP contribution in [0.25, 0.3) is 0 Å². The van der Waals surface area contributed by atoms with Crippen molar-refractivity contribution in [1.29, 1.82) is 0 Å². The lowest BCUT2D eigenvalue weighted by atomic mass is 9.69. The highest BCUT2D eigenvalue weighted by Gasteiger charge is 2.45. The van der Waals surface area contributed by atoms with Gasteiger partial charge in [0.15, 0.2) is 0 Å². The van der Waals surface area contributed by atoms with Crippen LogP contribution in [0.15, 0.2) is 24.3 Å². The lowest BCUT2D eigenvalue weighted by molar-refractivity contribution is -0.224. The zero-order valence-electron chi connectivity index (χ0n) is 15.3. The maximum atomic E-state index is 14.5. The van der Waals surface area contributed by atoms with Gasteiger partial charge in [0, 0.05) is 0 Å². The van der Waals surface area contributed by atoms with Crippen molar-refractivity contribution in [2.75, 3.05) is 7.11 Å². The van der Waals surface area contributed by atoms with E-state index in [1.807, 2.05) is 0 Å². The topological polar surface area (TPSA) is 18.5 Å². The predicted molar refractivity (Wildman–Crippen MR) is 95.1 cm³/mol. The molecule has 3 rings (SSSR count). The van der Waals surface area contributed by atoms with Gasteiger partial charge in [0.1, 0.15) is 11.5 Å². The van der Waals surface area contributed by atoms with Crippen molar-refractivity contribution in [1.82, 2.24) is 0 Å². The molecule has 1 aromatic carbocycles. The van der Waals surface area contributed by atoms with E-state index in [9.17, 15) is 8.78 Å². The minimum atomic E-state index is -3.10. The van der Waals surface area contributed by atoms with E-state index in [0.717, 1.165) is 24.7 Å². The van der Waals surface area contributed by atoms with Crippen LogP contribution >= 0.6 is 0 Å². The Morgan fingerprint density at radius 1 is 0.800 bits per heavy atom. The first-order valence-corrected chi connectivity index (χ1v) is 9.69. The number of hydrogen-bond donors (Lipinski definition) is 0. The van der Waals surface area contributed by atoms with E-state index in [1.165, 1.54) is 25.7 Å². The first-order valence-electron chi connectivity index (χ1n) is 9.69. The number of alkyl halides is 2. The first-order chi connectivity index (χ1) is 12.0. The van der Waals surface area contributed by atoms with Gasteiger partial charge in [-0.1, -0.05) is 19.8 Å². The third-order valence-corrected chi connectivity index (χ3v) is 6.29. The van der Waals surface area contributed by atoms with Gasteiger partial charge >= 0.3 is 6.11 Å². The Balaban J connectivity index is 1.51. The van der Waals surface area contributed by atoms with E-state index >= 15 is 0 Å². The van der Waals surface area contributed by atoms with E-state index in [2.05, 4.69) is 6.92 Å². The number of hydrogen-bond acceptors (Lipinski definition) is 2. The molecule has 2 aliphatic carbocycles. The third kappa shape index (κ3) is 4.65. The quantitative estimate of drug-likeness (QED) is 0.619. The zero-order valence-corrected chi connectivity index (χ0v) is 15.3. The Morgan fingerprint density at radius 3 is 1.80 bits per heavy atom. The maximum Gasteiger partial charge on any atom is 0.400 e. The molecule has 0 spiro atoms. The Morgan fingerprint density at radius 2 is 1.28 bits per heavy atom. The fourth-order valence-corrected chi connectivity index (χ4v) is 4.57. The highest BCUT2D eigenvalue weighted by atomic mass is 19.3. The van der Waals surface area contributed by atoms with Gasteiger partial charge in [-0.3, -0.25) is 0 Å². The van der Waals surface area contributed by atoms with Crippen LogP contribution in [-0.4, -0.2) is 13.2 Å². The van der Waals surface area contributed by atoms with Crippen molar-refractivity contribution in [3.63, 3.8) is 0 Å². The largest absolute Gasteiger partial charge is 0.497 e. The summed E-state index contributed by atoms with van der Waals surface area (Å²) < 4.78 is 39.2. The van der Waals surface area contributed by atoms with Gasteiger partial charge in [0.05, 0.1) is 13.0 Å². The van der Waals surface area contributed by atoms with E-state index in [4.69, 9.17) is 9.47 Å². The summed E-state index contributed by atoms with van der Waals surface area (Å²) in [5.74, 6) is 2.41. The summed E-state index contributed by atoms with van der Waals surface area (Å²) in [6, 6.07) is 6.38. The molecule has 0 saturated heterocycles. The summed E-state index contributed by atoms with van der Waals surface area (Å²) in [6.07, 6.45) is 5.07. The van der Waals surface area contributed by atoms with Crippen LogP contribution in [0.4, 0.5) is 8.78 Å². The molecule has 2 nitrogen and oxygen atoms in total. The number of rotatable bonds is 5. The second-order valence-electron chi connectivity index (χ2n) is 7.97. The fraction of sp³-hybridized carbons (Fsp3) is 0.714. The van der Waals surface area contributed by atoms with Crippen molar-refractivity contribution in [3.05, 3.63) is 24.3 Å². The van der Waals surface area contributed by atoms with Crippen LogP contribution in [-0.2, 0) is 0 Å². The molecule has 4 heteroatoms. The monoisotopic (exact) mass is 352 g/mol. The lowest BCUT2D eigenvalue weighted by Gasteiger charge is -2.38. The Kier molecular flexibility index (Phi) is 5.85. The molecule has 0 radical (unpaired) electrons. The van der Waals surface area contributed by atoms with Gasteiger partial charge in [-0.15, -0.1) is 0 Å². The molecule has 0 unspecified atom stereocenters. The summed E-state index contributed by atoms with van der Waals surface area (Å²) in [5.41, 5.74) is 0. The van der Waals surface area contributed by atoms with Crippen LogP contribution in [0.2, 0.25) is 0 Å². The molecule has 0 aromatic heterocycles. The molecule has 0 aliphatic heterocycles. The molecule has 25 heavy (non-hydrogen) atoms. The average Bonchev–Trinajstić information content (AvgIpc) is 2.63. The number of halogens is 2. The van der Waals surface area contributed by atoms with Gasteiger partial charge in [-0.05, 0) is 80.5 Å². The fourth-order valence-electron chi connectivity index (χ4n) is 4.57. The van der Waals surface area contributed by atoms with Gasteiger partial charge in [-0.2, -0.15) is 8.78 Å². The highest BCUT2D eigenvalue weighted by molar-refractivity contribution is 5.31. The summed E-state index contributed by atoms with van der Waals surface area (Å²) in [5, 5.41) is 0. The SMILES string of the molecule is COc1ccc(OC(F)(F)C2CCC(C3CCC(C)CC3)CC2)cc1. The maximum absolute atomic E-state index is 14.5. The number of benzene rings is 1. The summed E-state index contributed by atoms with van der Waals surface area (Å²) in [6.45, 7) is 2.32. The molecule has 2 fully saturated rings. The molecular formula is C21H30F2O2. The van der Waals surface area contributed by atoms with Crippen LogP contribution in [0.1, 0.15) is 58.3 Å². The molecule has 0 N–H and O–H groups in total. The van der Waals surface area contributed by atoms with Gasteiger partial charge in [-0.25, -0.2) is 0 Å². The zero-order chi connectivity index (χ0) is 17.9.